The molecule has 0 spiro atoms. The quantitative estimate of drug-likeness (QED) is 0.249. The van der Waals surface area contributed by atoms with Crippen molar-refractivity contribution in [1.82, 2.24) is 29.3 Å². The number of fused-ring (bicyclic) bond motifs is 2. The molecule has 1 aliphatic rings. The number of aryl methyl sites for hydroxylation is 2. The number of benzene rings is 1. The highest BCUT2D eigenvalue weighted by molar-refractivity contribution is 5.86. The fourth-order valence-electron chi connectivity index (χ4n) is 5.08. The first-order chi connectivity index (χ1) is 19.1. The van der Waals surface area contributed by atoms with Crippen LogP contribution in [0.25, 0.3) is 56.3 Å². The van der Waals surface area contributed by atoms with Crippen molar-refractivity contribution >= 4 is 22.3 Å². The van der Waals surface area contributed by atoms with Crippen molar-refractivity contribution in [3.63, 3.8) is 0 Å². The Labute approximate surface area is 226 Å². The number of hydrogen-bond donors (Lipinski definition) is 0. The van der Waals surface area contributed by atoms with E-state index in [0.29, 0.717) is 11.4 Å². The number of pyridine rings is 3. The van der Waals surface area contributed by atoms with Gasteiger partial charge in [-0.25, -0.2) is 19.9 Å². The van der Waals surface area contributed by atoms with Crippen molar-refractivity contribution in [2.45, 2.75) is 26.7 Å². The van der Waals surface area contributed by atoms with Crippen LogP contribution in [0.1, 0.15) is 29.8 Å². The summed E-state index contributed by atoms with van der Waals surface area (Å²) < 4.78 is 2.15. The lowest BCUT2D eigenvalue weighted by atomic mass is 10.1. The average molecular weight is 507 g/mol. The van der Waals surface area contributed by atoms with E-state index in [0.717, 1.165) is 69.1 Å². The second kappa shape index (κ2) is 9.40. The zero-order chi connectivity index (χ0) is 26.3. The molecule has 0 radical (unpaired) electrons. The van der Waals surface area contributed by atoms with E-state index in [2.05, 4.69) is 71.9 Å². The highest BCUT2D eigenvalue weighted by atomic mass is 15.0. The van der Waals surface area contributed by atoms with Gasteiger partial charge < -0.3 is 4.40 Å². The molecule has 0 bridgehead atoms. The summed E-state index contributed by atoms with van der Waals surface area (Å²) in [5, 5.41) is 0. The van der Waals surface area contributed by atoms with Gasteiger partial charge >= 0.3 is 0 Å². The predicted octanol–water partition coefficient (Wildman–Crippen LogP) is 7.42. The van der Waals surface area contributed by atoms with Gasteiger partial charge in [0.2, 0.25) is 0 Å². The van der Waals surface area contributed by atoms with Gasteiger partial charge in [0.25, 0.3) is 0 Å². The molecular formula is C33H26N6. The summed E-state index contributed by atoms with van der Waals surface area (Å²) in [7, 11) is 0. The van der Waals surface area contributed by atoms with E-state index in [1.165, 1.54) is 5.57 Å². The van der Waals surface area contributed by atoms with E-state index < -0.39 is 0 Å². The minimum absolute atomic E-state index is 0.707. The second-order valence-electron chi connectivity index (χ2n) is 9.88. The maximum Gasteiger partial charge on any atom is 0.147 e. The first-order valence-corrected chi connectivity index (χ1v) is 13.2. The fourth-order valence-corrected chi connectivity index (χ4v) is 5.08. The third-order valence-electron chi connectivity index (χ3n) is 7.10. The van der Waals surface area contributed by atoms with Gasteiger partial charge in [-0.1, -0.05) is 36.4 Å². The molecule has 39 heavy (non-hydrogen) atoms. The summed E-state index contributed by atoms with van der Waals surface area (Å²) in [6.45, 7) is 4.16. The molecule has 6 nitrogen and oxygen atoms in total. The molecule has 188 valence electrons. The number of rotatable bonds is 4. The van der Waals surface area contributed by atoms with Crippen LogP contribution in [0.15, 0.2) is 97.4 Å². The topological polar surface area (TPSA) is 68.9 Å². The molecule has 0 aliphatic heterocycles. The molecule has 6 heteroatoms. The SMILES string of the molecule is Cc1ccc2nc(-c3ccccn3)c(-c3cccc(-c4ccc(C)n5cc(C6=CCCC=C6)nc45)n3)nc2c1. The lowest BCUT2D eigenvalue weighted by Crippen LogP contribution is -2.00. The van der Waals surface area contributed by atoms with Crippen LogP contribution in [-0.4, -0.2) is 29.3 Å². The van der Waals surface area contributed by atoms with E-state index in [-0.39, 0.29) is 0 Å². The van der Waals surface area contributed by atoms with Crippen molar-refractivity contribution in [3.8, 4) is 34.0 Å². The van der Waals surface area contributed by atoms with Crippen LogP contribution in [0.3, 0.4) is 0 Å². The van der Waals surface area contributed by atoms with Gasteiger partial charge in [0.05, 0.1) is 33.8 Å². The molecule has 0 saturated heterocycles. The Morgan fingerprint density at radius 1 is 0.692 bits per heavy atom. The minimum atomic E-state index is 0.707. The Bertz CT molecular complexity index is 1930. The zero-order valence-corrected chi connectivity index (χ0v) is 21.8. The summed E-state index contributed by atoms with van der Waals surface area (Å²) in [6.07, 6.45) is 12.7. The molecule has 5 heterocycles. The van der Waals surface area contributed by atoms with Gasteiger partial charge in [0, 0.05) is 23.7 Å². The zero-order valence-electron chi connectivity index (χ0n) is 21.8. The highest BCUT2D eigenvalue weighted by Gasteiger charge is 2.18. The van der Waals surface area contributed by atoms with Crippen LogP contribution in [0.5, 0.6) is 0 Å². The number of imidazole rings is 1. The summed E-state index contributed by atoms with van der Waals surface area (Å²) >= 11 is 0. The standard InChI is InChI=1S/C33H26N6/c1-21-14-17-26-29(19-21)37-32(31(36-26)27-11-6-7-18-34-27)28-13-8-12-25(35-28)24-16-15-22(2)39-20-30(38-33(24)39)23-9-4-3-5-10-23/h4,6-20H,3,5H2,1-2H3. The van der Waals surface area contributed by atoms with Gasteiger partial charge in [-0.2, -0.15) is 0 Å². The van der Waals surface area contributed by atoms with E-state index in [1.54, 1.807) is 6.20 Å². The Morgan fingerprint density at radius 2 is 1.54 bits per heavy atom. The maximum absolute atomic E-state index is 5.12. The minimum Gasteiger partial charge on any atom is -0.303 e. The Hall–Kier alpha value is -4.97. The van der Waals surface area contributed by atoms with Crippen molar-refractivity contribution in [1.29, 1.82) is 0 Å². The normalized spacial score (nSPS) is 13.2. The Morgan fingerprint density at radius 3 is 2.38 bits per heavy atom. The van der Waals surface area contributed by atoms with E-state index >= 15 is 0 Å². The van der Waals surface area contributed by atoms with Gasteiger partial charge in [0.1, 0.15) is 17.0 Å². The number of hydrogen-bond acceptors (Lipinski definition) is 5. The van der Waals surface area contributed by atoms with Crippen molar-refractivity contribution in [3.05, 3.63) is 114 Å². The van der Waals surface area contributed by atoms with E-state index in [4.69, 9.17) is 19.9 Å². The molecule has 0 fully saturated rings. The highest BCUT2D eigenvalue weighted by Crippen LogP contribution is 2.32. The molecule has 6 aromatic rings. The monoisotopic (exact) mass is 506 g/mol. The predicted molar refractivity (Wildman–Crippen MR) is 156 cm³/mol. The van der Waals surface area contributed by atoms with Crippen LogP contribution in [0.2, 0.25) is 0 Å². The van der Waals surface area contributed by atoms with Crippen molar-refractivity contribution in [2.75, 3.05) is 0 Å². The number of allylic oxidation sites excluding steroid dienone is 4. The Balaban J connectivity index is 1.41. The van der Waals surface area contributed by atoms with Crippen molar-refractivity contribution in [2.24, 2.45) is 0 Å². The number of nitrogens with zero attached hydrogens (tertiary/aromatic N) is 6. The third-order valence-corrected chi connectivity index (χ3v) is 7.10. The average Bonchev–Trinajstić information content (AvgIpc) is 3.44. The van der Waals surface area contributed by atoms with E-state index in [1.807, 2.05) is 42.5 Å². The summed E-state index contributed by atoms with van der Waals surface area (Å²) in [6, 6.07) is 22.2. The Kier molecular flexibility index (Phi) is 5.59. The summed E-state index contributed by atoms with van der Waals surface area (Å²) in [4.78, 5) is 24.8. The summed E-state index contributed by atoms with van der Waals surface area (Å²) in [5.41, 5.74) is 11.7. The van der Waals surface area contributed by atoms with E-state index in [9.17, 15) is 0 Å². The fraction of sp³-hybridized carbons (Fsp3) is 0.121. The molecule has 0 atom stereocenters. The molecule has 5 aromatic heterocycles. The molecular weight excluding hydrogens is 480 g/mol. The van der Waals surface area contributed by atoms with Gasteiger partial charge in [0.15, 0.2) is 0 Å². The second-order valence-corrected chi connectivity index (χ2v) is 9.88. The van der Waals surface area contributed by atoms with Gasteiger partial charge in [-0.05, 0) is 86.4 Å². The molecule has 0 N–H and O–H groups in total. The number of aromatic nitrogens is 6. The molecule has 1 aromatic carbocycles. The maximum atomic E-state index is 5.12. The van der Waals surface area contributed by atoms with Crippen LogP contribution in [0.4, 0.5) is 0 Å². The smallest absolute Gasteiger partial charge is 0.147 e. The van der Waals surface area contributed by atoms with Crippen LogP contribution >= 0.6 is 0 Å². The molecule has 0 saturated carbocycles. The first kappa shape index (κ1) is 23.2. The van der Waals surface area contributed by atoms with Crippen LogP contribution < -0.4 is 0 Å². The molecule has 1 aliphatic carbocycles. The van der Waals surface area contributed by atoms with Crippen molar-refractivity contribution < 1.29 is 0 Å². The molecule has 7 rings (SSSR count). The van der Waals surface area contributed by atoms with Gasteiger partial charge in [-0.3, -0.25) is 4.98 Å². The lowest BCUT2D eigenvalue weighted by molar-refractivity contribution is 1.04. The molecule has 0 unspecified atom stereocenters. The largest absolute Gasteiger partial charge is 0.303 e. The van der Waals surface area contributed by atoms with Crippen LogP contribution in [0, 0.1) is 13.8 Å². The summed E-state index contributed by atoms with van der Waals surface area (Å²) in [5.74, 6) is 0. The third kappa shape index (κ3) is 4.20. The lowest BCUT2D eigenvalue weighted by Gasteiger charge is -2.11. The molecule has 0 amide bonds. The van der Waals surface area contributed by atoms with Crippen LogP contribution in [-0.2, 0) is 0 Å². The first-order valence-electron chi connectivity index (χ1n) is 13.2. The van der Waals surface area contributed by atoms with Gasteiger partial charge in [-0.15, -0.1) is 0 Å².